The number of nitroso groups, excluding NO2 is 1. The molecule has 0 unspecified atom stereocenters. The number of nitrogens with zero attached hydrogens (tertiary/aromatic N) is 1. The Morgan fingerprint density at radius 3 is 2.53 bits per heavy atom. The molecular formula is C9H9N3O3. The third-order valence-electron chi connectivity index (χ3n) is 1.57. The van der Waals surface area contributed by atoms with Crippen molar-refractivity contribution in [3.05, 3.63) is 39.4 Å². The first-order valence-corrected chi connectivity index (χ1v) is 4.14. The van der Waals surface area contributed by atoms with E-state index in [9.17, 15) is 14.5 Å². The summed E-state index contributed by atoms with van der Waals surface area (Å²) in [5.41, 5.74) is 4.64. The minimum absolute atomic E-state index is 0.142. The first-order valence-electron chi connectivity index (χ1n) is 4.14. The van der Waals surface area contributed by atoms with Crippen LogP contribution in [0.3, 0.4) is 0 Å². The van der Waals surface area contributed by atoms with Crippen LogP contribution in [0.25, 0.3) is 0 Å². The molecule has 0 fully saturated rings. The van der Waals surface area contributed by atoms with E-state index in [1.54, 1.807) is 0 Å². The molecule has 0 bridgehead atoms. The molecule has 1 rings (SSSR count). The van der Waals surface area contributed by atoms with Crippen LogP contribution in [-0.2, 0) is 4.79 Å². The first-order chi connectivity index (χ1) is 7.13. The summed E-state index contributed by atoms with van der Waals surface area (Å²) in [6, 6.07) is 5.24. The molecule has 1 aromatic carbocycles. The van der Waals surface area contributed by atoms with E-state index < -0.39 is 0 Å². The van der Waals surface area contributed by atoms with Gasteiger partial charge in [-0.15, -0.1) is 4.91 Å². The minimum Gasteiger partial charge on any atom is -0.295 e. The second kappa shape index (κ2) is 4.85. The zero-order chi connectivity index (χ0) is 11.3. The van der Waals surface area contributed by atoms with Gasteiger partial charge < -0.3 is 0 Å². The number of carbonyl (C=O) groups is 1. The summed E-state index contributed by atoms with van der Waals surface area (Å²) in [5.74, 6) is -0.324. The van der Waals surface area contributed by atoms with E-state index in [2.05, 4.69) is 16.0 Å². The molecule has 2 N–H and O–H groups in total. The van der Waals surface area contributed by atoms with Gasteiger partial charge in [-0.2, -0.15) is 0 Å². The highest BCUT2D eigenvalue weighted by Crippen LogP contribution is 2.08. The number of rotatable bonds is 3. The molecule has 0 aliphatic rings. The summed E-state index contributed by atoms with van der Waals surface area (Å²) >= 11 is 0. The summed E-state index contributed by atoms with van der Waals surface area (Å²) in [6.07, 6.45) is 0. The molecule has 6 nitrogen and oxygen atoms in total. The Labute approximate surface area is 85.3 Å². The average Bonchev–Trinajstić information content (AvgIpc) is 2.37. The lowest BCUT2D eigenvalue weighted by Gasteiger charge is -2.02. The number of amides is 1. The zero-order valence-corrected chi connectivity index (χ0v) is 7.98. The highest BCUT2D eigenvalue weighted by atomic mass is 16.3. The topological polar surface area (TPSA) is 87.6 Å². The maximum atomic E-state index is 11.3. The lowest BCUT2D eigenvalue weighted by molar-refractivity contribution is -0.118. The predicted octanol–water partition coefficient (Wildman–Crippen LogP) is 0.908. The zero-order valence-electron chi connectivity index (χ0n) is 7.98. The number of hydrazine groups is 1. The van der Waals surface area contributed by atoms with Gasteiger partial charge in [-0.05, 0) is 29.4 Å². The van der Waals surface area contributed by atoms with E-state index in [1.807, 2.05) is 0 Å². The largest absolute Gasteiger partial charge is 0.295 e. The van der Waals surface area contributed by atoms with Gasteiger partial charge in [-0.25, -0.2) is 0 Å². The number of carbonyl (C=O) groups excluding carboxylic acids is 1. The van der Waals surface area contributed by atoms with Gasteiger partial charge in [0, 0.05) is 6.92 Å². The lowest BCUT2D eigenvalue weighted by Crippen LogP contribution is -2.28. The van der Waals surface area contributed by atoms with Gasteiger partial charge in [0.15, 0.2) is 0 Å². The van der Waals surface area contributed by atoms with Crippen molar-refractivity contribution in [1.29, 1.82) is 0 Å². The van der Waals surface area contributed by atoms with Gasteiger partial charge >= 0.3 is 0 Å². The molecule has 0 saturated carbocycles. The average molecular weight is 207 g/mol. The van der Waals surface area contributed by atoms with Crippen molar-refractivity contribution in [1.82, 2.24) is 5.43 Å². The number of nitrogens with one attached hydrogen (secondary N) is 2. The second-order valence-electron chi connectivity index (χ2n) is 2.77. The minimum atomic E-state index is -0.348. The molecule has 0 aliphatic carbocycles. The van der Waals surface area contributed by atoms with Crippen LogP contribution >= 0.6 is 0 Å². The molecule has 6 heteroatoms. The van der Waals surface area contributed by atoms with Crippen LogP contribution in [0.5, 0.6) is 0 Å². The van der Waals surface area contributed by atoms with Crippen molar-refractivity contribution in [3.8, 4) is 0 Å². The third kappa shape index (κ3) is 3.18. The van der Waals surface area contributed by atoms with E-state index in [0.717, 1.165) is 0 Å². The molecular weight excluding hydrogens is 198 g/mol. The van der Waals surface area contributed by atoms with Crippen molar-refractivity contribution >= 4 is 17.3 Å². The summed E-state index contributed by atoms with van der Waals surface area (Å²) in [7, 11) is 0. The molecule has 1 aromatic rings. The second-order valence-corrected chi connectivity index (χ2v) is 2.77. The number of anilines is 1. The fourth-order valence-corrected chi connectivity index (χ4v) is 0.877. The standard InChI is InChI=1S/C9H9N3O3/c1-6(13)10-11-8-4-2-7(12-15)3-5-9(8)14/h2-5H,1H3,(H,10,13)(H,11,14). The van der Waals surface area contributed by atoms with Crippen LogP contribution in [0.4, 0.5) is 11.4 Å². The van der Waals surface area contributed by atoms with Crippen LogP contribution in [0.15, 0.2) is 34.2 Å². The fourth-order valence-electron chi connectivity index (χ4n) is 0.877. The Bertz CT molecular complexity index is 445. The van der Waals surface area contributed by atoms with Gasteiger partial charge in [-0.1, -0.05) is 0 Å². The van der Waals surface area contributed by atoms with Crippen molar-refractivity contribution in [2.45, 2.75) is 6.92 Å². The summed E-state index contributed by atoms with van der Waals surface area (Å²) in [6.45, 7) is 1.30. The van der Waals surface area contributed by atoms with Crippen LogP contribution in [-0.4, -0.2) is 5.91 Å². The monoisotopic (exact) mass is 207 g/mol. The third-order valence-corrected chi connectivity index (χ3v) is 1.57. The van der Waals surface area contributed by atoms with Crippen molar-refractivity contribution in [3.63, 3.8) is 0 Å². The van der Waals surface area contributed by atoms with Crippen LogP contribution in [0.1, 0.15) is 6.92 Å². The predicted molar refractivity (Wildman–Crippen MR) is 55.6 cm³/mol. The lowest BCUT2D eigenvalue weighted by atomic mass is 10.4. The van der Waals surface area contributed by atoms with E-state index in [1.165, 1.54) is 31.2 Å². The number of hydrogen-bond donors (Lipinski definition) is 2. The maximum absolute atomic E-state index is 11.3. The summed E-state index contributed by atoms with van der Waals surface area (Å²) in [5, 5.41) is 2.68. The van der Waals surface area contributed by atoms with E-state index in [-0.39, 0.29) is 22.7 Å². The fraction of sp³-hybridized carbons (Fsp3) is 0.111. The molecule has 0 atom stereocenters. The maximum Gasteiger partial charge on any atom is 0.235 e. The number of hydrogen-bond acceptors (Lipinski definition) is 5. The SMILES string of the molecule is CC(=O)NNc1ccc(N=O)ccc1=O. The van der Waals surface area contributed by atoms with E-state index in [0.29, 0.717) is 0 Å². The van der Waals surface area contributed by atoms with Crippen LogP contribution in [0, 0.1) is 4.91 Å². The molecule has 78 valence electrons. The summed E-state index contributed by atoms with van der Waals surface area (Å²) < 4.78 is 0. The molecule has 0 saturated heterocycles. The smallest absolute Gasteiger partial charge is 0.235 e. The first kappa shape index (κ1) is 10.8. The molecule has 15 heavy (non-hydrogen) atoms. The van der Waals surface area contributed by atoms with Crippen LogP contribution < -0.4 is 16.3 Å². The van der Waals surface area contributed by atoms with E-state index in [4.69, 9.17) is 0 Å². The Morgan fingerprint density at radius 2 is 1.93 bits per heavy atom. The summed E-state index contributed by atoms with van der Waals surface area (Å²) in [4.78, 5) is 32.1. The van der Waals surface area contributed by atoms with Gasteiger partial charge in [0.2, 0.25) is 11.3 Å². The van der Waals surface area contributed by atoms with Crippen molar-refractivity contribution in [2.24, 2.45) is 5.18 Å². The normalized spacial score (nSPS) is 9.13. The molecule has 0 heterocycles. The Hall–Kier alpha value is -2.24. The van der Waals surface area contributed by atoms with Gasteiger partial charge in [0.25, 0.3) is 0 Å². The van der Waals surface area contributed by atoms with Crippen molar-refractivity contribution < 1.29 is 4.79 Å². The highest BCUT2D eigenvalue weighted by Gasteiger charge is 1.97. The highest BCUT2D eigenvalue weighted by molar-refractivity contribution is 5.74. The molecule has 0 spiro atoms. The van der Waals surface area contributed by atoms with Gasteiger partial charge in [0.05, 0.1) is 0 Å². The Morgan fingerprint density at radius 1 is 1.27 bits per heavy atom. The van der Waals surface area contributed by atoms with Gasteiger partial charge in [-0.3, -0.25) is 20.4 Å². The van der Waals surface area contributed by atoms with E-state index >= 15 is 0 Å². The van der Waals surface area contributed by atoms with Crippen LogP contribution in [0.2, 0.25) is 0 Å². The Kier molecular flexibility index (Phi) is 3.50. The molecule has 0 radical (unpaired) electrons. The molecule has 1 amide bonds. The molecule has 0 aromatic heterocycles. The van der Waals surface area contributed by atoms with Crippen molar-refractivity contribution in [2.75, 3.05) is 5.43 Å². The quantitative estimate of drug-likeness (QED) is 0.569. The Balaban J connectivity index is 2.99. The molecule has 0 aliphatic heterocycles. The van der Waals surface area contributed by atoms with Gasteiger partial charge in [0.1, 0.15) is 11.4 Å².